The second-order valence-electron chi connectivity index (χ2n) is 1.73. The second kappa shape index (κ2) is 4.65. The van der Waals surface area contributed by atoms with Crippen molar-refractivity contribution in [3.05, 3.63) is 40.9 Å². The van der Waals surface area contributed by atoms with Crippen LogP contribution in [-0.4, -0.2) is 0 Å². The zero-order valence-corrected chi connectivity index (χ0v) is 8.68. The van der Waals surface area contributed by atoms with Gasteiger partial charge >= 0.3 is 0 Å². The Kier molecular flexibility index (Phi) is 4.59. The highest BCUT2D eigenvalue weighted by Crippen LogP contribution is 2.15. The molecule has 0 aliphatic carbocycles. The molecule has 54 valence electrons. The molecular formula is C8H10BrP. The smallest absolute Gasteiger partial charge is 0.0247 e. The van der Waals surface area contributed by atoms with E-state index >= 15 is 0 Å². The molecule has 0 N–H and O–H groups in total. The van der Waals surface area contributed by atoms with Crippen LogP contribution in [0.5, 0.6) is 0 Å². The zero-order valence-electron chi connectivity index (χ0n) is 5.68. The summed E-state index contributed by atoms with van der Waals surface area (Å²) in [7, 11) is 0. The van der Waals surface area contributed by atoms with Crippen LogP contribution >= 0.6 is 25.8 Å². The Morgan fingerprint density at radius 3 is 2.30 bits per heavy atom. The third-order valence-electron chi connectivity index (χ3n) is 1.13. The van der Waals surface area contributed by atoms with Gasteiger partial charge in [0.15, 0.2) is 0 Å². The number of hydrogen-bond donors (Lipinski definition) is 0. The van der Waals surface area contributed by atoms with Crippen molar-refractivity contribution >= 4 is 31.9 Å². The van der Waals surface area contributed by atoms with E-state index in [1.54, 1.807) is 0 Å². The van der Waals surface area contributed by atoms with Crippen LogP contribution in [0.1, 0.15) is 5.56 Å². The first-order valence-electron chi connectivity index (χ1n) is 2.71. The van der Waals surface area contributed by atoms with Gasteiger partial charge in [0.1, 0.15) is 0 Å². The van der Waals surface area contributed by atoms with Gasteiger partial charge in [0.2, 0.25) is 0 Å². The first-order chi connectivity index (χ1) is 4.34. The van der Waals surface area contributed by atoms with E-state index < -0.39 is 0 Å². The molecule has 0 bridgehead atoms. The highest BCUT2D eigenvalue weighted by atomic mass is 79.9. The lowest BCUT2D eigenvalue weighted by Crippen LogP contribution is -1.70. The van der Waals surface area contributed by atoms with E-state index in [9.17, 15) is 0 Å². The maximum atomic E-state index is 3.66. The molecule has 0 heterocycles. The SMILES string of the molecule is C=Cc1ccccc1Br.P. The summed E-state index contributed by atoms with van der Waals surface area (Å²) in [6.07, 6.45) is 1.82. The molecule has 0 saturated carbocycles. The van der Waals surface area contributed by atoms with Gasteiger partial charge in [0.25, 0.3) is 0 Å². The van der Waals surface area contributed by atoms with Crippen LogP contribution in [0.15, 0.2) is 35.3 Å². The van der Waals surface area contributed by atoms with Gasteiger partial charge in [-0.1, -0.05) is 46.8 Å². The van der Waals surface area contributed by atoms with Crippen LogP contribution in [0, 0.1) is 0 Å². The molecule has 0 spiro atoms. The molecule has 0 radical (unpaired) electrons. The first kappa shape index (κ1) is 9.87. The Hall–Kier alpha value is -0.130. The van der Waals surface area contributed by atoms with Crippen molar-refractivity contribution in [3.63, 3.8) is 0 Å². The van der Waals surface area contributed by atoms with E-state index in [1.807, 2.05) is 30.3 Å². The van der Waals surface area contributed by atoms with E-state index in [-0.39, 0.29) is 9.90 Å². The molecule has 0 aliphatic heterocycles. The van der Waals surface area contributed by atoms with E-state index in [2.05, 4.69) is 22.5 Å². The summed E-state index contributed by atoms with van der Waals surface area (Å²) in [5, 5.41) is 0. The molecule has 0 aliphatic rings. The van der Waals surface area contributed by atoms with E-state index in [4.69, 9.17) is 0 Å². The Bertz CT molecular complexity index is 220. The second-order valence-corrected chi connectivity index (χ2v) is 2.58. The molecule has 0 fully saturated rings. The molecule has 0 amide bonds. The van der Waals surface area contributed by atoms with Gasteiger partial charge in [0.05, 0.1) is 0 Å². The average molecular weight is 217 g/mol. The van der Waals surface area contributed by atoms with Crippen molar-refractivity contribution in [2.45, 2.75) is 0 Å². The van der Waals surface area contributed by atoms with Gasteiger partial charge in [-0.25, -0.2) is 0 Å². The van der Waals surface area contributed by atoms with Gasteiger partial charge in [-0.15, -0.1) is 0 Å². The number of halogens is 1. The number of rotatable bonds is 1. The predicted molar refractivity (Wildman–Crippen MR) is 55.3 cm³/mol. The van der Waals surface area contributed by atoms with Crippen molar-refractivity contribution in [1.82, 2.24) is 0 Å². The fraction of sp³-hybridized carbons (Fsp3) is 0. The minimum Gasteiger partial charge on any atom is -0.153 e. The van der Waals surface area contributed by atoms with Crippen LogP contribution in [0.25, 0.3) is 6.08 Å². The quantitative estimate of drug-likeness (QED) is 0.634. The molecule has 0 saturated heterocycles. The monoisotopic (exact) mass is 216 g/mol. The molecule has 1 rings (SSSR count). The average Bonchev–Trinajstić information content (AvgIpc) is 1.89. The van der Waals surface area contributed by atoms with Crippen LogP contribution in [0.3, 0.4) is 0 Å². The fourth-order valence-electron chi connectivity index (χ4n) is 0.641. The summed E-state index contributed by atoms with van der Waals surface area (Å²) in [6.45, 7) is 3.66. The van der Waals surface area contributed by atoms with Crippen LogP contribution in [-0.2, 0) is 0 Å². The van der Waals surface area contributed by atoms with Gasteiger partial charge in [-0.05, 0) is 11.6 Å². The van der Waals surface area contributed by atoms with E-state index in [0.717, 1.165) is 10.0 Å². The standard InChI is InChI=1S/C8H7Br.H3P/c1-2-7-5-3-4-6-8(7)9;/h2-6H,1H2;1H3. The van der Waals surface area contributed by atoms with Crippen LogP contribution < -0.4 is 0 Å². The molecule has 0 nitrogen and oxygen atoms in total. The summed E-state index contributed by atoms with van der Waals surface area (Å²) < 4.78 is 1.10. The highest BCUT2D eigenvalue weighted by Gasteiger charge is 1.88. The van der Waals surface area contributed by atoms with E-state index in [0.29, 0.717) is 0 Å². The van der Waals surface area contributed by atoms with Crippen molar-refractivity contribution in [1.29, 1.82) is 0 Å². The maximum Gasteiger partial charge on any atom is 0.0247 e. The Balaban J connectivity index is 0.000000810. The Labute approximate surface area is 73.1 Å². The number of benzene rings is 1. The van der Waals surface area contributed by atoms with Crippen molar-refractivity contribution < 1.29 is 0 Å². The third kappa shape index (κ3) is 2.24. The van der Waals surface area contributed by atoms with Crippen LogP contribution in [0.2, 0.25) is 0 Å². The molecular weight excluding hydrogens is 207 g/mol. The van der Waals surface area contributed by atoms with Gasteiger partial charge in [-0.2, -0.15) is 9.90 Å². The van der Waals surface area contributed by atoms with Crippen LogP contribution in [0.4, 0.5) is 0 Å². The zero-order chi connectivity index (χ0) is 6.69. The largest absolute Gasteiger partial charge is 0.153 e. The highest BCUT2D eigenvalue weighted by molar-refractivity contribution is 9.10. The lowest BCUT2D eigenvalue weighted by atomic mass is 10.2. The summed E-state index contributed by atoms with van der Waals surface area (Å²) in [6, 6.07) is 7.98. The lowest BCUT2D eigenvalue weighted by molar-refractivity contribution is 1.61. The van der Waals surface area contributed by atoms with Gasteiger partial charge < -0.3 is 0 Å². The first-order valence-corrected chi connectivity index (χ1v) is 3.51. The van der Waals surface area contributed by atoms with Crippen molar-refractivity contribution in [2.24, 2.45) is 0 Å². The van der Waals surface area contributed by atoms with E-state index in [1.165, 1.54) is 0 Å². The summed E-state index contributed by atoms with van der Waals surface area (Å²) >= 11 is 3.39. The Morgan fingerprint density at radius 1 is 1.30 bits per heavy atom. The number of hydrogen-bond acceptors (Lipinski definition) is 0. The topological polar surface area (TPSA) is 0 Å². The fourth-order valence-corrected chi connectivity index (χ4v) is 1.09. The summed E-state index contributed by atoms with van der Waals surface area (Å²) in [5.41, 5.74) is 1.14. The summed E-state index contributed by atoms with van der Waals surface area (Å²) in [4.78, 5) is 0. The summed E-state index contributed by atoms with van der Waals surface area (Å²) in [5.74, 6) is 0. The molecule has 10 heavy (non-hydrogen) atoms. The molecule has 1 atom stereocenters. The van der Waals surface area contributed by atoms with Crippen molar-refractivity contribution in [3.8, 4) is 0 Å². The predicted octanol–water partition coefficient (Wildman–Crippen LogP) is 3.15. The molecule has 1 aromatic carbocycles. The minimum atomic E-state index is 0. The molecule has 1 aromatic rings. The molecule has 1 unspecified atom stereocenters. The Morgan fingerprint density at radius 2 is 1.90 bits per heavy atom. The lowest BCUT2D eigenvalue weighted by Gasteiger charge is -1.93. The molecule has 2 heteroatoms. The molecule has 0 aromatic heterocycles. The normalized spacial score (nSPS) is 8.10. The van der Waals surface area contributed by atoms with Crippen molar-refractivity contribution in [2.75, 3.05) is 0 Å². The van der Waals surface area contributed by atoms with Gasteiger partial charge in [-0.3, -0.25) is 0 Å². The maximum absolute atomic E-state index is 3.66. The van der Waals surface area contributed by atoms with Gasteiger partial charge in [0, 0.05) is 4.47 Å². The minimum absolute atomic E-state index is 0. The third-order valence-corrected chi connectivity index (χ3v) is 1.85.